The number of pyridine rings is 1. The Labute approximate surface area is 205 Å². The highest BCUT2D eigenvalue weighted by Crippen LogP contribution is 2.40. The van der Waals surface area contributed by atoms with Crippen molar-refractivity contribution in [2.24, 2.45) is 0 Å². The molecule has 4 heterocycles. The third-order valence-corrected chi connectivity index (χ3v) is 7.64. The quantitative estimate of drug-likeness (QED) is 0.400. The van der Waals surface area contributed by atoms with Gasteiger partial charge < -0.3 is 10.2 Å². The lowest BCUT2D eigenvalue weighted by molar-refractivity contribution is 0.251. The average molecular weight is 473 g/mol. The minimum Gasteiger partial charge on any atom is -0.363 e. The van der Waals surface area contributed by atoms with Crippen LogP contribution in [0.1, 0.15) is 31.9 Å². The van der Waals surface area contributed by atoms with Crippen LogP contribution in [0.15, 0.2) is 66.9 Å². The number of nitrogens with one attached hydrogen (secondary N) is 1. The van der Waals surface area contributed by atoms with Gasteiger partial charge in [0.15, 0.2) is 5.82 Å². The van der Waals surface area contributed by atoms with Crippen molar-refractivity contribution >= 4 is 34.1 Å². The van der Waals surface area contributed by atoms with E-state index in [1.54, 1.807) is 0 Å². The first kappa shape index (κ1) is 21.4. The molecule has 34 heavy (non-hydrogen) atoms. The highest BCUT2D eigenvalue weighted by atomic mass is 35.5. The lowest BCUT2D eigenvalue weighted by Crippen LogP contribution is -2.46. The Hall–Kier alpha value is -3.09. The van der Waals surface area contributed by atoms with Crippen LogP contribution in [0.25, 0.3) is 16.6 Å². The first-order valence-electron chi connectivity index (χ1n) is 12.1. The Morgan fingerprint density at radius 1 is 1.06 bits per heavy atom. The lowest BCUT2D eigenvalue weighted by Gasteiger charge is -2.33. The van der Waals surface area contributed by atoms with E-state index >= 15 is 0 Å². The summed E-state index contributed by atoms with van der Waals surface area (Å²) in [5.41, 5.74) is 3.21. The molecule has 0 aliphatic carbocycles. The summed E-state index contributed by atoms with van der Waals surface area (Å²) in [7, 11) is 0. The summed E-state index contributed by atoms with van der Waals surface area (Å²) < 4.78 is 2.01. The molecule has 2 bridgehead atoms. The predicted molar refractivity (Wildman–Crippen MR) is 139 cm³/mol. The molecular weight excluding hydrogens is 444 g/mol. The summed E-state index contributed by atoms with van der Waals surface area (Å²) in [6.45, 7) is 7.61. The number of anilines is 2. The first-order valence-corrected chi connectivity index (χ1v) is 12.5. The molecule has 0 saturated carbocycles. The van der Waals surface area contributed by atoms with Crippen molar-refractivity contribution in [3.05, 3.63) is 77.4 Å². The number of halogens is 1. The van der Waals surface area contributed by atoms with Crippen LogP contribution >= 0.6 is 11.6 Å². The topological polar surface area (TPSA) is 49.2 Å². The number of likely N-dealkylation sites (N-methyl/N-ethyl adjacent to an activating group) is 1. The molecular formula is C27H29ClN6. The molecule has 0 radical (unpaired) electrons. The van der Waals surface area contributed by atoms with Gasteiger partial charge >= 0.3 is 0 Å². The molecule has 4 aromatic rings. The summed E-state index contributed by atoms with van der Waals surface area (Å²) in [4.78, 5) is 9.62. The summed E-state index contributed by atoms with van der Waals surface area (Å²) >= 11 is 6.75. The van der Waals surface area contributed by atoms with Crippen LogP contribution in [0, 0.1) is 0 Å². The molecule has 6 rings (SSSR count). The van der Waals surface area contributed by atoms with E-state index in [0.717, 1.165) is 52.9 Å². The number of benzene rings is 2. The molecule has 174 valence electrons. The van der Waals surface area contributed by atoms with Crippen LogP contribution in [0.3, 0.4) is 0 Å². The number of piperazine rings is 1. The standard InChI is InChI=1S/C27H29ClN6/c1-3-32-16-22-14-21(32)17-33(22)27-26-23(28)10-7-11-24(26)34(31-27)20-12-13-29-25(15-20)30-18(2)19-8-5-4-6-9-19/h4-13,15,18,21-22H,3,14,16-17H2,1-2H3,(H,29,30)/t18-,21?,22?/m0/s1. The maximum atomic E-state index is 6.75. The second-order valence-electron chi connectivity index (χ2n) is 9.33. The van der Waals surface area contributed by atoms with Gasteiger partial charge in [0.2, 0.25) is 0 Å². The van der Waals surface area contributed by atoms with Crippen LogP contribution in [-0.2, 0) is 0 Å². The molecule has 2 aromatic carbocycles. The number of aromatic nitrogens is 3. The van der Waals surface area contributed by atoms with Gasteiger partial charge in [-0.15, -0.1) is 5.10 Å². The molecule has 2 saturated heterocycles. The monoisotopic (exact) mass is 472 g/mol. The van der Waals surface area contributed by atoms with Gasteiger partial charge in [-0.1, -0.05) is 54.9 Å². The van der Waals surface area contributed by atoms with E-state index in [1.165, 1.54) is 12.0 Å². The number of fused-ring (bicyclic) bond motifs is 3. The highest BCUT2D eigenvalue weighted by Gasteiger charge is 2.44. The van der Waals surface area contributed by atoms with Crippen LogP contribution in [0.4, 0.5) is 11.6 Å². The van der Waals surface area contributed by atoms with Crippen molar-refractivity contribution in [1.82, 2.24) is 19.7 Å². The second kappa shape index (κ2) is 8.60. The zero-order valence-electron chi connectivity index (χ0n) is 19.5. The number of hydrogen-bond acceptors (Lipinski definition) is 5. The lowest BCUT2D eigenvalue weighted by atomic mass is 10.1. The molecule has 2 unspecified atom stereocenters. The minimum absolute atomic E-state index is 0.144. The van der Waals surface area contributed by atoms with Gasteiger partial charge in [-0.3, -0.25) is 4.90 Å². The fourth-order valence-electron chi connectivity index (χ4n) is 5.58. The Bertz CT molecular complexity index is 1320. The predicted octanol–water partition coefficient (Wildman–Crippen LogP) is 5.53. The van der Waals surface area contributed by atoms with Gasteiger partial charge in [-0.05, 0) is 43.7 Å². The van der Waals surface area contributed by atoms with Crippen molar-refractivity contribution < 1.29 is 0 Å². The molecule has 2 aliphatic rings. The van der Waals surface area contributed by atoms with E-state index in [1.807, 2.05) is 35.1 Å². The van der Waals surface area contributed by atoms with Gasteiger partial charge in [0.05, 0.1) is 21.6 Å². The summed E-state index contributed by atoms with van der Waals surface area (Å²) in [5, 5.41) is 10.4. The fourth-order valence-corrected chi connectivity index (χ4v) is 5.83. The van der Waals surface area contributed by atoms with Crippen molar-refractivity contribution in [1.29, 1.82) is 0 Å². The van der Waals surface area contributed by atoms with Gasteiger partial charge in [0.1, 0.15) is 5.82 Å². The summed E-state index contributed by atoms with van der Waals surface area (Å²) in [6, 6.07) is 21.8. The van der Waals surface area contributed by atoms with Gasteiger partial charge in [-0.2, -0.15) is 0 Å². The molecule has 1 N–H and O–H groups in total. The zero-order valence-corrected chi connectivity index (χ0v) is 20.3. The number of nitrogens with zero attached hydrogens (tertiary/aromatic N) is 5. The van der Waals surface area contributed by atoms with Crippen LogP contribution in [0.5, 0.6) is 0 Å². The third kappa shape index (κ3) is 3.62. The van der Waals surface area contributed by atoms with Crippen LogP contribution in [0.2, 0.25) is 5.02 Å². The van der Waals surface area contributed by atoms with E-state index < -0.39 is 0 Å². The van der Waals surface area contributed by atoms with E-state index in [-0.39, 0.29) is 6.04 Å². The van der Waals surface area contributed by atoms with E-state index in [2.05, 4.69) is 70.3 Å². The highest BCUT2D eigenvalue weighted by molar-refractivity contribution is 6.36. The van der Waals surface area contributed by atoms with Crippen molar-refractivity contribution in [2.45, 2.75) is 38.4 Å². The Balaban J connectivity index is 1.36. The number of hydrogen-bond donors (Lipinski definition) is 1. The molecule has 2 fully saturated rings. The van der Waals surface area contributed by atoms with E-state index in [9.17, 15) is 0 Å². The van der Waals surface area contributed by atoms with Crippen LogP contribution in [-0.4, -0.2) is 51.4 Å². The van der Waals surface area contributed by atoms with E-state index in [4.69, 9.17) is 16.7 Å². The van der Waals surface area contributed by atoms with Gasteiger partial charge in [0.25, 0.3) is 0 Å². The first-order chi connectivity index (χ1) is 16.6. The molecule has 2 aromatic heterocycles. The number of likely N-dealkylation sites (tertiary alicyclic amines) is 1. The Morgan fingerprint density at radius 2 is 1.91 bits per heavy atom. The maximum absolute atomic E-state index is 6.75. The smallest absolute Gasteiger partial charge is 0.160 e. The maximum Gasteiger partial charge on any atom is 0.160 e. The summed E-state index contributed by atoms with van der Waals surface area (Å²) in [5.74, 6) is 1.81. The Morgan fingerprint density at radius 3 is 2.68 bits per heavy atom. The Kier molecular flexibility index (Phi) is 5.42. The van der Waals surface area contributed by atoms with Crippen LogP contribution < -0.4 is 10.2 Å². The third-order valence-electron chi connectivity index (χ3n) is 7.32. The fraction of sp³-hybridized carbons (Fsp3) is 0.333. The SMILES string of the molecule is CCN1CC2CC1CN2c1nn(-c2ccnc(N[C@@H](C)c3ccccc3)c2)c2cccc(Cl)c12. The van der Waals surface area contributed by atoms with Crippen molar-refractivity contribution in [3.63, 3.8) is 0 Å². The average Bonchev–Trinajstić information content (AvgIpc) is 3.57. The zero-order chi connectivity index (χ0) is 23.2. The minimum atomic E-state index is 0.144. The molecule has 3 atom stereocenters. The second-order valence-corrected chi connectivity index (χ2v) is 9.74. The van der Waals surface area contributed by atoms with Crippen molar-refractivity contribution in [3.8, 4) is 5.69 Å². The summed E-state index contributed by atoms with van der Waals surface area (Å²) in [6.07, 6.45) is 3.04. The molecule has 7 heteroatoms. The van der Waals surface area contributed by atoms with Gasteiger partial charge in [0, 0.05) is 43.5 Å². The largest absolute Gasteiger partial charge is 0.363 e. The molecule has 2 aliphatic heterocycles. The van der Waals surface area contributed by atoms with E-state index in [0.29, 0.717) is 12.1 Å². The molecule has 6 nitrogen and oxygen atoms in total. The van der Waals surface area contributed by atoms with Gasteiger partial charge in [-0.25, -0.2) is 9.67 Å². The van der Waals surface area contributed by atoms with Crippen molar-refractivity contribution in [2.75, 3.05) is 29.9 Å². The molecule has 0 spiro atoms. The molecule has 0 amide bonds. The number of rotatable bonds is 6. The normalized spacial score (nSPS) is 20.9.